The number of tetrazole rings is 1. The van der Waals surface area contributed by atoms with E-state index in [0.717, 1.165) is 4.68 Å². The maximum absolute atomic E-state index is 13.1. The fourth-order valence-corrected chi connectivity index (χ4v) is 2.88. The second-order valence-electron chi connectivity index (χ2n) is 5.98. The summed E-state index contributed by atoms with van der Waals surface area (Å²) in [4.78, 5) is 38.3. The molecule has 0 aliphatic heterocycles. The van der Waals surface area contributed by atoms with Crippen molar-refractivity contribution in [1.29, 1.82) is 0 Å². The van der Waals surface area contributed by atoms with E-state index in [1.165, 1.54) is 37.3 Å². The molecule has 0 fully saturated rings. The molecule has 0 bridgehead atoms. The van der Waals surface area contributed by atoms with Crippen LogP contribution in [0.4, 0.5) is 10.5 Å². The van der Waals surface area contributed by atoms with Crippen molar-refractivity contribution in [3.8, 4) is 17.2 Å². The summed E-state index contributed by atoms with van der Waals surface area (Å²) >= 11 is 0. The van der Waals surface area contributed by atoms with E-state index in [1.807, 2.05) is 0 Å². The van der Waals surface area contributed by atoms with E-state index in [4.69, 9.17) is 14.6 Å². The van der Waals surface area contributed by atoms with Gasteiger partial charge in [-0.1, -0.05) is 12.1 Å². The van der Waals surface area contributed by atoms with Gasteiger partial charge in [-0.05, 0) is 47.7 Å². The number of rotatable bonds is 6. The van der Waals surface area contributed by atoms with Crippen LogP contribution in [-0.4, -0.2) is 57.7 Å². The molecule has 11 heteroatoms. The van der Waals surface area contributed by atoms with Gasteiger partial charge < -0.3 is 14.6 Å². The molecule has 1 N–H and O–H groups in total. The van der Waals surface area contributed by atoms with Crippen molar-refractivity contribution in [2.45, 2.75) is 6.92 Å². The number of carbonyl (C=O) groups excluding carboxylic acids is 1. The largest absolute Gasteiger partial charge is 0.495 e. The van der Waals surface area contributed by atoms with Crippen LogP contribution in [0.2, 0.25) is 0 Å². The first-order valence-electron chi connectivity index (χ1n) is 8.84. The zero-order valence-corrected chi connectivity index (χ0v) is 16.5. The molecule has 0 unspecified atom stereocenters. The third kappa shape index (κ3) is 3.60. The molecule has 1 aromatic heterocycles. The van der Waals surface area contributed by atoms with E-state index in [-0.39, 0.29) is 23.5 Å². The summed E-state index contributed by atoms with van der Waals surface area (Å²) in [7, 11) is 2.80. The molecule has 11 nitrogen and oxygen atoms in total. The lowest BCUT2D eigenvalue weighted by molar-refractivity contribution is 0.0696. The standard InChI is InChI=1S/C19H19N5O6/c1-4-22(13-10-9-12(17(25)26)11-16(13)30-3)18(27)24-19(28)23(20-21-24)14-7-5-6-8-15(14)29-2/h5-11H,4H2,1-3H3,(H,25,26). The average Bonchev–Trinajstić information content (AvgIpc) is 3.15. The van der Waals surface area contributed by atoms with Crippen molar-refractivity contribution in [1.82, 2.24) is 19.8 Å². The third-order valence-electron chi connectivity index (χ3n) is 4.34. The van der Waals surface area contributed by atoms with Gasteiger partial charge in [-0.2, -0.15) is 4.68 Å². The highest BCUT2D eigenvalue weighted by molar-refractivity contribution is 5.96. The Labute approximate surface area is 170 Å². The number of carboxylic acids is 1. The van der Waals surface area contributed by atoms with Gasteiger partial charge in [-0.25, -0.2) is 14.4 Å². The van der Waals surface area contributed by atoms with Gasteiger partial charge in [0.1, 0.15) is 17.2 Å². The van der Waals surface area contributed by atoms with Crippen LogP contribution in [0.5, 0.6) is 11.5 Å². The third-order valence-corrected chi connectivity index (χ3v) is 4.34. The smallest absolute Gasteiger partial charge is 0.377 e. The number of aromatic nitrogens is 4. The summed E-state index contributed by atoms with van der Waals surface area (Å²) in [6.45, 7) is 1.85. The van der Waals surface area contributed by atoms with E-state index < -0.39 is 17.7 Å². The second kappa shape index (κ2) is 8.47. The Morgan fingerprint density at radius 1 is 1.07 bits per heavy atom. The molecule has 1 heterocycles. The number of hydrogen-bond donors (Lipinski definition) is 1. The molecule has 0 saturated heterocycles. The maximum Gasteiger partial charge on any atom is 0.377 e. The first-order chi connectivity index (χ1) is 14.4. The van der Waals surface area contributed by atoms with Crippen LogP contribution in [0.25, 0.3) is 5.69 Å². The van der Waals surface area contributed by atoms with Gasteiger partial charge in [-0.3, -0.25) is 4.90 Å². The number of aromatic carboxylic acids is 1. The number of nitrogens with zero attached hydrogens (tertiary/aromatic N) is 5. The van der Waals surface area contributed by atoms with Crippen LogP contribution < -0.4 is 20.1 Å². The van der Waals surface area contributed by atoms with E-state index in [0.29, 0.717) is 16.1 Å². The average molecular weight is 413 g/mol. The normalized spacial score (nSPS) is 10.5. The summed E-state index contributed by atoms with van der Waals surface area (Å²) in [6, 6.07) is 9.97. The summed E-state index contributed by atoms with van der Waals surface area (Å²) in [5, 5.41) is 16.6. The minimum Gasteiger partial charge on any atom is -0.495 e. The van der Waals surface area contributed by atoms with Gasteiger partial charge in [0, 0.05) is 6.54 Å². The first-order valence-corrected chi connectivity index (χ1v) is 8.84. The topological polar surface area (TPSA) is 129 Å². The number of amides is 1. The number of carbonyl (C=O) groups is 2. The molecule has 3 aromatic rings. The van der Waals surface area contributed by atoms with E-state index >= 15 is 0 Å². The Bertz CT molecular complexity index is 1150. The number of benzene rings is 2. The molecule has 0 spiro atoms. The first kappa shape index (κ1) is 20.6. The summed E-state index contributed by atoms with van der Waals surface area (Å²) < 4.78 is 12.0. The number of ether oxygens (including phenoxy) is 2. The SMILES string of the molecule is CCN(C(=O)n1nnn(-c2ccccc2OC)c1=O)c1ccc(C(=O)O)cc1OC. The van der Waals surface area contributed by atoms with Crippen LogP contribution in [0.15, 0.2) is 47.3 Å². The minimum absolute atomic E-state index is 0.00149. The molecular formula is C19H19N5O6. The minimum atomic E-state index is -1.13. The van der Waals surface area contributed by atoms with Crippen molar-refractivity contribution in [3.05, 3.63) is 58.5 Å². The molecule has 156 valence electrons. The highest BCUT2D eigenvalue weighted by Crippen LogP contribution is 2.30. The van der Waals surface area contributed by atoms with Crippen LogP contribution in [-0.2, 0) is 0 Å². The Balaban J connectivity index is 2.03. The van der Waals surface area contributed by atoms with Crippen LogP contribution >= 0.6 is 0 Å². The van der Waals surface area contributed by atoms with Gasteiger partial charge in [-0.15, -0.1) is 4.68 Å². The number of anilines is 1. The fraction of sp³-hybridized carbons (Fsp3) is 0.211. The van der Waals surface area contributed by atoms with Gasteiger partial charge >= 0.3 is 17.7 Å². The highest BCUT2D eigenvalue weighted by Gasteiger charge is 2.25. The Hall–Kier alpha value is -4.15. The maximum atomic E-state index is 13.1. The molecular weight excluding hydrogens is 394 g/mol. The molecule has 0 aliphatic carbocycles. The molecule has 0 radical (unpaired) electrons. The van der Waals surface area contributed by atoms with Crippen LogP contribution in [0, 0.1) is 0 Å². The molecule has 30 heavy (non-hydrogen) atoms. The summed E-state index contributed by atoms with van der Waals surface area (Å²) in [5.41, 5.74) is -0.174. The summed E-state index contributed by atoms with van der Waals surface area (Å²) in [5.74, 6) is -0.585. The van der Waals surface area contributed by atoms with Crippen LogP contribution in [0.3, 0.4) is 0 Å². The van der Waals surface area contributed by atoms with Crippen molar-refractivity contribution in [2.24, 2.45) is 0 Å². The Morgan fingerprint density at radius 3 is 2.40 bits per heavy atom. The van der Waals surface area contributed by atoms with Crippen molar-refractivity contribution < 1.29 is 24.2 Å². The van der Waals surface area contributed by atoms with Crippen LogP contribution in [0.1, 0.15) is 17.3 Å². The van der Waals surface area contributed by atoms with E-state index in [9.17, 15) is 14.4 Å². The summed E-state index contributed by atoms with van der Waals surface area (Å²) in [6.07, 6.45) is 0. The predicted molar refractivity (Wildman–Crippen MR) is 106 cm³/mol. The lowest BCUT2D eigenvalue weighted by atomic mass is 10.1. The van der Waals surface area contributed by atoms with Crippen molar-refractivity contribution in [3.63, 3.8) is 0 Å². The quantitative estimate of drug-likeness (QED) is 0.604. The van der Waals surface area contributed by atoms with Crippen molar-refractivity contribution >= 4 is 17.7 Å². The van der Waals surface area contributed by atoms with E-state index in [2.05, 4.69) is 10.4 Å². The van der Waals surface area contributed by atoms with Gasteiger partial charge in [0.25, 0.3) is 0 Å². The van der Waals surface area contributed by atoms with Gasteiger partial charge in [0.2, 0.25) is 0 Å². The molecule has 0 atom stereocenters. The zero-order chi connectivity index (χ0) is 21.8. The molecule has 0 saturated carbocycles. The zero-order valence-electron chi connectivity index (χ0n) is 16.5. The van der Waals surface area contributed by atoms with E-state index in [1.54, 1.807) is 31.2 Å². The number of hydrogen-bond acceptors (Lipinski definition) is 7. The van der Waals surface area contributed by atoms with Gasteiger partial charge in [0.15, 0.2) is 0 Å². The molecule has 3 rings (SSSR count). The lowest BCUT2D eigenvalue weighted by Crippen LogP contribution is -2.41. The second-order valence-corrected chi connectivity index (χ2v) is 5.98. The molecule has 0 aliphatic rings. The molecule has 2 aromatic carbocycles. The predicted octanol–water partition coefficient (Wildman–Crippen LogP) is 1.64. The Kier molecular flexibility index (Phi) is 5.81. The number of para-hydroxylation sites is 2. The number of carboxylic acid groups (broad SMARTS) is 1. The van der Waals surface area contributed by atoms with Crippen molar-refractivity contribution in [2.75, 3.05) is 25.7 Å². The monoisotopic (exact) mass is 413 g/mol. The fourth-order valence-electron chi connectivity index (χ4n) is 2.88. The Morgan fingerprint density at radius 2 is 1.77 bits per heavy atom. The highest BCUT2D eigenvalue weighted by atomic mass is 16.5. The van der Waals surface area contributed by atoms with Gasteiger partial charge in [0.05, 0.1) is 25.5 Å². The lowest BCUT2D eigenvalue weighted by Gasteiger charge is -2.22. The number of methoxy groups -OCH3 is 2. The molecule has 1 amide bonds.